The molecule has 0 aliphatic rings. The third-order valence-corrected chi connectivity index (χ3v) is 3.94. The van der Waals surface area contributed by atoms with Crippen molar-refractivity contribution in [3.05, 3.63) is 83.1 Å². The molecule has 0 spiro atoms. The average Bonchev–Trinajstić information content (AvgIpc) is 2.61. The Morgan fingerprint density at radius 2 is 1.73 bits per heavy atom. The molecule has 0 fully saturated rings. The van der Waals surface area contributed by atoms with Crippen LogP contribution in [0.25, 0.3) is 0 Å². The minimum absolute atomic E-state index is 0.0888. The Balaban J connectivity index is 1.74. The van der Waals surface area contributed by atoms with E-state index < -0.39 is 17.5 Å². The van der Waals surface area contributed by atoms with Gasteiger partial charge in [-0.15, -0.1) is 0 Å². The number of aryl methyl sites for hydroxylation is 2. The Morgan fingerprint density at radius 3 is 2.35 bits per heavy atom. The predicted molar refractivity (Wildman–Crippen MR) is 97.7 cm³/mol. The maximum Gasteiger partial charge on any atom is 0.257 e. The van der Waals surface area contributed by atoms with Gasteiger partial charge < -0.3 is 10.6 Å². The lowest BCUT2D eigenvalue weighted by Gasteiger charge is -2.12. The number of carbonyl (C=O) groups is 1. The van der Waals surface area contributed by atoms with Crippen molar-refractivity contribution in [3.8, 4) is 0 Å². The molecule has 3 rings (SSSR count). The summed E-state index contributed by atoms with van der Waals surface area (Å²) in [6, 6.07) is 12.2. The number of nitrogens with zero attached hydrogens (tertiary/aromatic N) is 1. The fourth-order valence-corrected chi connectivity index (χ4v) is 2.53. The molecule has 0 radical (unpaired) electrons. The molecule has 0 saturated heterocycles. The predicted octanol–water partition coefficient (Wildman–Crippen LogP) is 4.97. The molecular weight excluding hydrogens is 336 g/mol. The number of hydrogen-bond donors (Lipinski definition) is 2. The summed E-state index contributed by atoms with van der Waals surface area (Å²) < 4.78 is 26.5. The van der Waals surface area contributed by atoms with Crippen molar-refractivity contribution in [1.82, 2.24) is 4.98 Å². The van der Waals surface area contributed by atoms with Gasteiger partial charge in [0.15, 0.2) is 0 Å². The first kappa shape index (κ1) is 17.5. The van der Waals surface area contributed by atoms with E-state index in [-0.39, 0.29) is 11.3 Å². The quantitative estimate of drug-likeness (QED) is 0.696. The van der Waals surface area contributed by atoms with Crippen LogP contribution in [0.4, 0.5) is 26.0 Å². The van der Waals surface area contributed by atoms with Crippen molar-refractivity contribution in [3.63, 3.8) is 0 Å². The lowest BCUT2D eigenvalue weighted by atomic mass is 10.1. The van der Waals surface area contributed by atoms with E-state index in [0.29, 0.717) is 11.9 Å². The van der Waals surface area contributed by atoms with E-state index in [4.69, 9.17) is 0 Å². The molecule has 2 aromatic carbocycles. The Hall–Kier alpha value is -3.28. The smallest absolute Gasteiger partial charge is 0.257 e. The van der Waals surface area contributed by atoms with Crippen LogP contribution in [0.3, 0.4) is 0 Å². The van der Waals surface area contributed by atoms with Gasteiger partial charge in [-0.25, -0.2) is 13.8 Å². The number of pyridine rings is 1. The number of para-hydroxylation sites is 1. The van der Waals surface area contributed by atoms with Crippen LogP contribution in [0.2, 0.25) is 0 Å². The molecule has 0 saturated carbocycles. The molecular formula is C20H17F2N3O. The van der Waals surface area contributed by atoms with Gasteiger partial charge in [0.25, 0.3) is 5.91 Å². The highest BCUT2D eigenvalue weighted by molar-refractivity contribution is 6.04. The number of amides is 1. The van der Waals surface area contributed by atoms with E-state index in [2.05, 4.69) is 15.6 Å². The monoisotopic (exact) mass is 353 g/mol. The number of hydrogen-bond acceptors (Lipinski definition) is 3. The van der Waals surface area contributed by atoms with E-state index in [0.717, 1.165) is 22.9 Å². The third-order valence-electron chi connectivity index (χ3n) is 3.94. The highest BCUT2D eigenvalue weighted by atomic mass is 19.1. The van der Waals surface area contributed by atoms with Gasteiger partial charge in [-0.2, -0.15) is 0 Å². The molecule has 0 bridgehead atoms. The first-order chi connectivity index (χ1) is 12.4. The van der Waals surface area contributed by atoms with E-state index in [1.807, 2.05) is 32.0 Å². The fraction of sp³-hybridized carbons (Fsp3) is 0.100. The summed E-state index contributed by atoms with van der Waals surface area (Å²) in [5.74, 6) is -1.47. The number of carbonyl (C=O) groups excluding carboxylic acids is 1. The van der Waals surface area contributed by atoms with Gasteiger partial charge in [0, 0.05) is 18.0 Å². The SMILES string of the molecule is Cc1cccc(C)c1Nc1ccc(C(=O)Nc2ccc(F)cc2F)cn1. The van der Waals surface area contributed by atoms with Crippen LogP contribution < -0.4 is 10.6 Å². The minimum atomic E-state index is -0.834. The normalized spacial score (nSPS) is 10.5. The molecule has 1 heterocycles. The maximum atomic E-state index is 13.6. The standard InChI is InChI=1S/C20H17F2N3O/c1-12-4-3-5-13(2)19(12)25-18-9-6-14(11-23-18)20(26)24-17-8-7-15(21)10-16(17)22/h3-11H,1-2H3,(H,23,25)(H,24,26). The zero-order chi connectivity index (χ0) is 18.7. The van der Waals surface area contributed by atoms with E-state index in [9.17, 15) is 13.6 Å². The number of rotatable bonds is 4. The molecule has 3 aromatic rings. The first-order valence-electron chi connectivity index (χ1n) is 8.00. The molecule has 1 aromatic heterocycles. The van der Waals surface area contributed by atoms with E-state index in [1.165, 1.54) is 12.3 Å². The van der Waals surface area contributed by atoms with Gasteiger partial charge in [0.2, 0.25) is 0 Å². The van der Waals surface area contributed by atoms with E-state index in [1.54, 1.807) is 12.1 Å². The average molecular weight is 353 g/mol. The molecule has 0 atom stereocenters. The van der Waals surface area contributed by atoms with Crippen molar-refractivity contribution in [1.29, 1.82) is 0 Å². The second kappa shape index (κ2) is 7.31. The highest BCUT2D eigenvalue weighted by Gasteiger charge is 2.11. The first-order valence-corrected chi connectivity index (χ1v) is 8.00. The molecule has 26 heavy (non-hydrogen) atoms. The minimum Gasteiger partial charge on any atom is -0.340 e. The molecule has 0 aliphatic heterocycles. The van der Waals surface area contributed by atoms with Crippen LogP contribution in [-0.2, 0) is 0 Å². The summed E-state index contributed by atoms with van der Waals surface area (Å²) >= 11 is 0. The molecule has 4 nitrogen and oxygen atoms in total. The number of benzene rings is 2. The zero-order valence-electron chi connectivity index (χ0n) is 14.3. The Labute approximate surface area is 149 Å². The van der Waals surface area contributed by atoms with Gasteiger partial charge in [0.1, 0.15) is 17.5 Å². The zero-order valence-corrected chi connectivity index (χ0v) is 14.3. The van der Waals surface area contributed by atoms with Gasteiger partial charge in [0.05, 0.1) is 11.3 Å². The molecule has 1 amide bonds. The van der Waals surface area contributed by atoms with Crippen LogP contribution in [0.5, 0.6) is 0 Å². The second-order valence-corrected chi connectivity index (χ2v) is 5.90. The highest BCUT2D eigenvalue weighted by Crippen LogP contribution is 2.23. The largest absolute Gasteiger partial charge is 0.340 e. The summed E-state index contributed by atoms with van der Waals surface area (Å²) in [5.41, 5.74) is 3.31. The number of anilines is 3. The van der Waals surface area contributed by atoms with Crippen LogP contribution in [0, 0.1) is 25.5 Å². The Kier molecular flexibility index (Phi) is 4.93. The molecule has 0 aliphatic carbocycles. The number of halogens is 2. The van der Waals surface area contributed by atoms with Crippen molar-refractivity contribution in [2.24, 2.45) is 0 Å². The van der Waals surface area contributed by atoms with Crippen molar-refractivity contribution < 1.29 is 13.6 Å². The van der Waals surface area contributed by atoms with Gasteiger partial charge in [-0.05, 0) is 49.2 Å². The Morgan fingerprint density at radius 1 is 1.00 bits per heavy atom. The summed E-state index contributed by atoms with van der Waals surface area (Å²) in [5, 5.41) is 5.63. The van der Waals surface area contributed by atoms with Crippen LogP contribution in [0.15, 0.2) is 54.7 Å². The van der Waals surface area contributed by atoms with Crippen LogP contribution in [0.1, 0.15) is 21.5 Å². The molecule has 0 unspecified atom stereocenters. The topological polar surface area (TPSA) is 54.0 Å². The maximum absolute atomic E-state index is 13.6. The van der Waals surface area contributed by atoms with E-state index >= 15 is 0 Å². The molecule has 132 valence electrons. The lowest BCUT2D eigenvalue weighted by molar-refractivity contribution is 0.102. The van der Waals surface area contributed by atoms with Crippen molar-refractivity contribution in [2.75, 3.05) is 10.6 Å². The molecule has 6 heteroatoms. The van der Waals surface area contributed by atoms with Crippen LogP contribution >= 0.6 is 0 Å². The second-order valence-electron chi connectivity index (χ2n) is 5.90. The van der Waals surface area contributed by atoms with Gasteiger partial charge in [-0.3, -0.25) is 4.79 Å². The van der Waals surface area contributed by atoms with Gasteiger partial charge in [-0.1, -0.05) is 18.2 Å². The summed E-state index contributed by atoms with van der Waals surface area (Å²) in [7, 11) is 0. The number of nitrogens with one attached hydrogen (secondary N) is 2. The Bertz CT molecular complexity index is 936. The van der Waals surface area contributed by atoms with Crippen LogP contribution in [-0.4, -0.2) is 10.9 Å². The van der Waals surface area contributed by atoms with Crippen molar-refractivity contribution >= 4 is 23.1 Å². The number of aromatic nitrogens is 1. The van der Waals surface area contributed by atoms with Gasteiger partial charge >= 0.3 is 0 Å². The summed E-state index contributed by atoms with van der Waals surface area (Å²) in [6.45, 7) is 3.99. The lowest BCUT2D eigenvalue weighted by Crippen LogP contribution is -2.13. The van der Waals surface area contributed by atoms with Crippen molar-refractivity contribution in [2.45, 2.75) is 13.8 Å². The third kappa shape index (κ3) is 3.85. The fourth-order valence-electron chi connectivity index (χ4n) is 2.53. The molecule has 2 N–H and O–H groups in total. The summed E-state index contributed by atoms with van der Waals surface area (Å²) in [4.78, 5) is 16.4. The summed E-state index contributed by atoms with van der Waals surface area (Å²) in [6.07, 6.45) is 1.40.